The van der Waals surface area contributed by atoms with Crippen LogP contribution in [0.3, 0.4) is 0 Å². The van der Waals surface area contributed by atoms with Gasteiger partial charge in [0.15, 0.2) is 6.40 Å². The summed E-state index contributed by atoms with van der Waals surface area (Å²) in [5.41, 5.74) is 2.27. The van der Waals surface area contributed by atoms with Crippen molar-refractivity contribution in [1.29, 1.82) is 0 Å². The molecule has 0 unspecified atom stereocenters. The Balaban J connectivity index is 2.45. The van der Waals surface area contributed by atoms with Crippen molar-refractivity contribution in [3.05, 3.63) is 41.0 Å². The van der Waals surface area contributed by atoms with Crippen molar-refractivity contribution in [3.8, 4) is 0 Å². The Labute approximate surface area is 202 Å². The number of methoxy groups -OCH3 is 1. The van der Waals surface area contributed by atoms with Crippen LogP contribution in [0.15, 0.2) is 33.4 Å². The Morgan fingerprint density at radius 2 is 1.71 bits per heavy atom. The van der Waals surface area contributed by atoms with Crippen molar-refractivity contribution in [1.82, 2.24) is 9.55 Å². The van der Waals surface area contributed by atoms with E-state index in [2.05, 4.69) is 55.6 Å². The minimum absolute atomic E-state index is 0.0514. The molecule has 2 aromatic rings. The van der Waals surface area contributed by atoms with E-state index in [9.17, 15) is 0 Å². The van der Waals surface area contributed by atoms with Crippen LogP contribution in [0.2, 0.25) is 0 Å². The molecule has 2 rings (SSSR count). The fourth-order valence-electron chi connectivity index (χ4n) is 3.38. The fourth-order valence-corrected chi connectivity index (χ4v) is 3.38. The molecule has 9 nitrogen and oxygen atoms in total. The molecule has 0 aliphatic rings. The van der Waals surface area contributed by atoms with Gasteiger partial charge in [0.2, 0.25) is 0 Å². The maximum atomic E-state index is 7.45. The monoisotopic (exact) mass is 462 g/mol. The smallest absolute Gasteiger partial charge is 0.416 e. The summed E-state index contributed by atoms with van der Waals surface area (Å²) in [6, 6.07) is 5.91. The molecule has 0 saturated carbocycles. The van der Waals surface area contributed by atoms with Crippen LogP contribution in [0.5, 0.6) is 0 Å². The van der Waals surface area contributed by atoms with Crippen molar-refractivity contribution in [2.24, 2.45) is 15.2 Å². The van der Waals surface area contributed by atoms with Crippen molar-refractivity contribution in [2.45, 2.75) is 65.8 Å². The molecule has 0 radical (unpaired) electrons. The van der Waals surface area contributed by atoms with Crippen LogP contribution < -0.4 is 4.90 Å². The lowest BCUT2D eigenvalue weighted by Gasteiger charge is -2.25. The molecule has 1 heterocycles. The number of aliphatic imine (C=N–C) groups is 1. The number of azo groups is 1. The number of anilines is 1. The summed E-state index contributed by atoms with van der Waals surface area (Å²) >= 11 is 0. The lowest BCUT2D eigenvalue weighted by Crippen LogP contribution is -2.25. The van der Waals surface area contributed by atoms with Gasteiger partial charge in [0.1, 0.15) is 5.69 Å². The topological polar surface area (TPSA) is 76.1 Å². The highest BCUT2D eigenvalue weighted by atomic mass is 16.5. The van der Waals surface area contributed by atoms with Gasteiger partial charge in [-0.1, -0.05) is 63.3 Å². The molecule has 0 atom stereocenters. The molecular formula is C25H34N8O. The number of unbranched alkanes of at least 4 members (excludes halogenated alkanes) is 3. The van der Waals surface area contributed by atoms with E-state index < -0.39 is 0 Å². The standard InChI is InChI=1S/C25H34N8O/c1-7-10-15-32(16-11-8-2)20-13-14-21(22(18-20)28-19-34-6)30-31-25-29-23(26-4)24(27-5)33(25)17-12-9-3/h13-14,18-19H,7-12,15-17H2,1-3,6H3/b28-19-,31-30?. The van der Waals surface area contributed by atoms with Gasteiger partial charge in [-0.15, -0.1) is 5.11 Å². The van der Waals surface area contributed by atoms with Crippen LogP contribution in [0.25, 0.3) is 9.69 Å². The normalized spacial score (nSPS) is 11.1. The minimum Gasteiger partial charge on any atom is -0.486 e. The maximum Gasteiger partial charge on any atom is 0.416 e. The second-order valence-electron chi connectivity index (χ2n) is 7.83. The maximum absolute atomic E-state index is 7.45. The Bertz CT molecular complexity index is 1050. The molecule has 0 aliphatic carbocycles. The van der Waals surface area contributed by atoms with E-state index in [1.807, 2.05) is 18.2 Å². The molecule has 0 spiro atoms. The molecule has 1 aromatic heterocycles. The zero-order chi connectivity index (χ0) is 24.8. The average molecular weight is 463 g/mol. The van der Waals surface area contributed by atoms with Gasteiger partial charge < -0.3 is 19.3 Å². The van der Waals surface area contributed by atoms with Crippen LogP contribution in [0.4, 0.5) is 34.6 Å². The van der Waals surface area contributed by atoms with Gasteiger partial charge in [-0.3, -0.25) is 0 Å². The van der Waals surface area contributed by atoms with Gasteiger partial charge in [-0.2, -0.15) is 0 Å². The molecule has 0 aliphatic heterocycles. The van der Waals surface area contributed by atoms with E-state index in [-0.39, 0.29) is 17.6 Å². The molecule has 0 fully saturated rings. The van der Waals surface area contributed by atoms with Gasteiger partial charge in [-0.05, 0) is 37.5 Å². The second kappa shape index (κ2) is 14.4. The summed E-state index contributed by atoms with van der Waals surface area (Å²) in [6.45, 7) is 23.8. The lowest BCUT2D eigenvalue weighted by molar-refractivity contribution is 0.423. The Hall–Kier alpha value is -3.72. The molecule has 34 heavy (non-hydrogen) atoms. The molecule has 0 saturated heterocycles. The summed E-state index contributed by atoms with van der Waals surface area (Å²) in [7, 11) is 1.55. The number of hydrogen-bond acceptors (Lipinski definition) is 6. The van der Waals surface area contributed by atoms with E-state index in [1.54, 1.807) is 11.7 Å². The van der Waals surface area contributed by atoms with Crippen LogP contribution in [-0.2, 0) is 11.3 Å². The molecule has 0 bridgehead atoms. The third-order valence-corrected chi connectivity index (χ3v) is 5.28. The highest BCUT2D eigenvalue weighted by Crippen LogP contribution is 2.37. The molecular weight excluding hydrogens is 428 g/mol. The Morgan fingerprint density at radius 1 is 1.00 bits per heavy atom. The Kier molecular flexibility index (Phi) is 11.3. The minimum atomic E-state index is 0.0514. The summed E-state index contributed by atoms with van der Waals surface area (Å²) in [5, 5.41) is 8.70. The molecule has 9 heteroatoms. The molecule has 180 valence electrons. The number of rotatable bonds is 14. The summed E-state index contributed by atoms with van der Waals surface area (Å²) in [6.07, 6.45) is 7.67. The first-order chi connectivity index (χ1) is 16.6. The number of hydrogen-bond donors (Lipinski definition) is 0. The third-order valence-electron chi connectivity index (χ3n) is 5.28. The van der Waals surface area contributed by atoms with Gasteiger partial charge in [-0.25, -0.2) is 9.56 Å². The van der Waals surface area contributed by atoms with Crippen LogP contribution >= 0.6 is 0 Å². The summed E-state index contributed by atoms with van der Waals surface area (Å²) in [5.74, 6) is 0.507. The largest absolute Gasteiger partial charge is 0.486 e. The molecule has 0 N–H and O–H groups in total. The van der Waals surface area contributed by atoms with Crippen molar-refractivity contribution in [2.75, 3.05) is 25.1 Å². The lowest BCUT2D eigenvalue weighted by atomic mass is 10.2. The van der Waals surface area contributed by atoms with Gasteiger partial charge >= 0.3 is 5.95 Å². The second-order valence-corrected chi connectivity index (χ2v) is 7.83. The van der Waals surface area contributed by atoms with Crippen LogP contribution in [0.1, 0.15) is 59.3 Å². The highest BCUT2D eigenvalue weighted by Gasteiger charge is 2.22. The number of nitrogens with zero attached hydrogens (tertiary/aromatic N) is 8. The molecule has 0 amide bonds. The number of imidazole rings is 1. The van der Waals surface area contributed by atoms with Crippen molar-refractivity contribution >= 4 is 41.0 Å². The first-order valence-electron chi connectivity index (χ1n) is 11.8. The predicted octanol–water partition coefficient (Wildman–Crippen LogP) is 7.91. The van der Waals surface area contributed by atoms with E-state index in [4.69, 9.17) is 17.9 Å². The average Bonchev–Trinajstić information content (AvgIpc) is 3.21. The van der Waals surface area contributed by atoms with Crippen LogP contribution in [-0.4, -0.2) is 36.2 Å². The van der Waals surface area contributed by atoms with E-state index in [0.717, 1.165) is 57.3 Å². The first-order valence-corrected chi connectivity index (χ1v) is 11.8. The zero-order valence-corrected chi connectivity index (χ0v) is 20.7. The number of ether oxygens (including phenoxy) is 1. The first kappa shape index (κ1) is 26.5. The van der Waals surface area contributed by atoms with Gasteiger partial charge in [0, 0.05) is 18.8 Å². The third kappa shape index (κ3) is 7.14. The fraction of sp³-hybridized carbons (Fsp3) is 0.520. The van der Waals surface area contributed by atoms with Crippen molar-refractivity contribution < 1.29 is 4.74 Å². The summed E-state index contributed by atoms with van der Waals surface area (Å²) in [4.78, 5) is 17.9. The van der Waals surface area contributed by atoms with E-state index >= 15 is 0 Å². The molecule has 1 aromatic carbocycles. The number of aromatic nitrogens is 2. The quantitative estimate of drug-likeness (QED) is 0.124. The Morgan fingerprint density at radius 3 is 2.29 bits per heavy atom. The predicted molar refractivity (Wildman–Crippen MR) is 137 cm³/mol. The van der Waals surface area contributed by atoms with Gasteiger partial charge in [0.25, 0.3) is 11.6 Å². The summed E-state index contributed by atoms with van der Waals surface area (Å²) < 4.78 is 6.71. The highest BCUT2D eigenvalue weighted by molar-refractivity contribution is 5.72. The van der Waals surface area contributed by atoms with Crippen LogP contribution in [0, 0.1) is 13.1 Å². The SMILES string of the molecule is [C-]#[N+]c1nc(N=Nc2ccc(N(CCCC)CCCC)cc2/N=C\OC)n(CCCC)c1[N+]#[C-]. The van der Waals surface area contributed by atoms with Crippen molar-refractivity contribution in [3.63, 3.8) is 0 Å². The van der Waals surface area contributed by atoms with E-state index in [1.165, 1.54) is 6.40 Å². The zero-order valence-electron chi connectivity index (χ0n) is 20.7. The van der Waals surface area contributed by atoms with Gasteiger partial charge in [0.05, 0.1) is 19.3 Å². The van der Waals surface area contributed by atoms with E-state index in [0.29, 0.717) is 17.9 Å². The number of benzene rings is 1.